The van der Waals surface area contributed by atoms with Gasteiger partial charge in [-0.2, -0.15) is 0 Å². The van der Waals surface area contributed by atoms with E-state index >= 15 is 0 Å². The van der Waals surface area contributed by atoms with Crippen molar-refractivity contribution in [3.63, 3.8) is 0 Å². The van der Waals surface area contributed by atoms with Crippen LogP contribution < -0.4 is 11.1 Å². The molecule has 0 saturated heterocycles. The summed E-state index contributed by atoms with van der Waals surface area (Å²) in [4.78, 5) is 27.2. The number of carbonyl (C=O) groups excluding carboxylic acids is 1. The van der Waals surface area contributed by atoms with Gasteiger partial charge in [0.2, 0.25) is 5.91 Å². The second-order valence-corrected chi connectivity index (χ2v) is 18.7. The second-order valence-electron chi connectivity index (χ2n) is 18.7. The highest BCUT2D eigenvalue weighted by Crippen LogP contribution is 2.74. The van der Waals surface area contributed by atoms with Gasteiger partial charge in [-0.05, 0) is 167 Å². The van der Waals surface area contributed by atoms with Gasteiger partial charge in [-0.3, -0.25) is 4.79 Å². The number of carboxylic acid groups (broad SMARTS) is 1. The Labute approximate surface area is 285 Å². The lowest BCUT2D eigenvalue weighted by atomic mass is 9.34. The Morgan fingerprint density at radius 2 is 1.62 bits per heavy atom. The molecule has 0 unspecified atom stereocenters. The molecule has 1 amide bonds. The molecule has 0 aromatic heterocycles. The first-order valence-corrected chi connectivity index (χ1v) is 19.1. The number of nitrogens with one attached hydrogen (secondary N) is 1. The Kier molecular flexibility index (Phi) is 9.02. The van der Waals surface area contributed by atoms with Crippen LogP contribution in [0.4, 0.5) is 0 Å². The molecular weight excluding hydrogens is 582 g/mol. The van der Waals surface area contributed by atoms with E-state index in [-0.39, 0.29) is 33.2 Å². The van der Waals surface area contributed by atoms with Crippen molar-refractivity contribution < 1.29 is 14.7 Å². The molecular formula is C41H65N3O3. The fourth-order valence-corrected chi connectivity index (χ4v) is 13.7. The van der Waals surface area contributed by atoms with Crippen molar-refractivity contribution in [3.05, 3.63) is 35.4 Å². The summed E-state index contributed by atoms with van der Waals surface area (Å²) in [6, 6.07) is 7.74. The highest BCUT2D eigenvalue weighted by atomic mass is 16.4. The molecule has 47 heavy (non-hydrogen) atoms. The molecule has 5 aliphatic carbocycles. The zero-order valence-corrected chi connectivity index (χ0v) is 30.8. The monoisotopic (exact) mass is 648 g/mol. The smallest absolute Gasteiger partial charge is 0.335 e. The van der Waals surface area contributed by atoms with Crippen LogP contribution in [0.1, 0.15) is 140 Å². The molecule has 0 spiro atoms. The number of hydrogen-bond donors (Lipinski definition) is 3. The number of aromatic carboxylic acids is 1. The Balaban J connectivity index is 1.27. The van der Waals surface area contributed by atoms with Crippen molar-refractivity contribution in [2.24, 2.45) is 57.5 Å². The highest BCUT2D eigenvalue weighted by Gasteiger charge is 2.71. The molecule has 1 aromatic rings. The van der Waals surface area contributed by atoms with Gasteiger partial charge in [-0.1, -0.05) is 53.7 Å². The molecule has 5 aliphatic rings. The molecule has 262 valence electrons. The minimum atomic E-state index is -0.857. The molecule has 4 N–H and O–H groups in total. The van der Waals surface area contributed by atoms with E-state index in [1.807, 2.05) is 0 Å². The normalized spacial score (nSPS) is 42.3. The van der Waals surface area contributed by atoms with E-state index in [4.69, 9.17) is 5.73 Å². The van der Waals surface area contributed by atoms with Crippen molar-refractivity contribution in [1.29, 1.82) is 0 Å². The van der Waals surface area contributed by atoms with Gasteiger partial charge in [0, 0.05) is 17.5 Å². The van der Waals surface area contributed by atoms with E-state index < -0.39 is 5.97 Å². The fourth-order valence-electron chi connectivity index (χ4n) is 13.7. The van der Waals surface area contributed by atoms with Crippen LogP contribution in [0.5, 0.6) is 0 Å². The summed E-state index contributed by atoms with van der Waals surface area (Å²) < 4.78 is 0. The van der Waals surface area contributed by atoms with Crippen LogP contribution in [0.3, 0.4) is 0 Å². The van der Waals surface area contributed by atoms with Gasteiger partial charge in [0.15, 0.2) is 0 Å². The van der Waals surface area contributed by atoms with Crippen LogP contribution in [0.15, 0.2) is 24.3 Å². The molecule has 6 rings (SSSR count). The maximum absolute atomic E-state index is 13.5. The Hall–Kier alpha value is -1.92. The topological polar surface area (TPSA) is 95.7 Å². The third-order valence-corrected chi connectivity index (χ3v) is 15.8. The predicted molar refractivity (Wildman–Crippen MR) is 190 cm³/mol. The van der Waals surface area contributed by atoms with Crippen LogP contribution in [0.2, 0.25) is 0 Å². The van der Waals surface area contributed by atoms with Gasteiger partial charge >= 0.3 is 5.97 Å². The quantitative estimate of drug-likeness (QED) is 0.265. The average Bonchev–Trinajstić information content (AvgIpc) is 3.36. The van der Waals surface area contributed by atoms with E-state index in [1.165, 1.54) is 44.1 Å². The zero-order chi connectivity index (χ0) is 34.2. The number of carboxylic acids is 1. The predicted octanol–water partition coefficient (Wildman–Crippen LogP) is 8.11. The van der Waals surface area contributed by atoms with Crippen molar-refractivity contribution >= 4 is 11.9 Å². The number of fused-ring (bicyclic) bond motifs is 7. The number of amides is 1. The van der Waals surface area contributed by atoms with Crippen LogP contribution in [0, 0.1) is 51.8 Å². The van der Waals surface area contributed by atoms with Crippen LogP contribution in [-0.4, -0.2) is 53.6 Å². The summed E-state index contributed by atoms with van der Waals surface area (Å²) in [7, 11) is 4.16. The average molecular weight is 648 g/mol. The minimum Gasteiger partial charge on any atom is -0.478 e. The molecule has 10 atom stereocenters. The molecule has 5 saturated carbocycles. The number of rotatable bonds is 8. The second kappa shape index (κ2) is 12.1. The van der Waals surface area contributed by atoms with Crippen LogP contribution in [-0.2, 0) is 4.79 Å². The summed E-state index contributed by atoms with van der Waals surface area (Å²) in [5, 5.41) is 13.2. The standard InChI is InChI=1S/C41H65N3O3/c1-26(2)29-17-22-40(43-34(45)10-9-25-44(7)8)23-24-41(42)31(35(29)40)15-16-33-38(5)20-18-30(27-11-13-28(14-12-27)36(46)47)37(3,4)32(38)19-21-39(33,41)6/h11-14,26,29-33,35H,9-10,15-25,42H2,1-8H3,(H,43,45)(H,46,47)/t29-,30-,31+,32-,33+,35+,38-,39+,40-,41-/m0/s1. The van der Waals surface area contributed by atoms with E-state index in [1.54, 1.807) is 12.1 Å². The first-order valence-electron chi connectivity index (χ1n) is 19.1. The first kappa shape index (κ1) is 34.9. The summed E-state index contributed by atoms with van der Waals surface area (Å²) in [5.41, 5.74) is 9.80. The van der Waals surface area contributed by atoms with E-state index in [2.05, 4.69) is 78.0 Å². The molecule has 1 aromatic carbocycles. The van der Waals surface area contributed by atoms with Gasteiger partial charge in [-0.15, -0.1) is 0 Å². The van der Waals surface area contributed by atoms with Gasteiger partial charge in [-0.25, -0.2) is 4.79 Å². The zero-order valence-electron chi connectivity index (χ0n) is 30.8. The number of hydrogen-bond acceptors (Lipinski definition) is 4. The lowest BCUT2D eigenvalue weighted by Gasteiger charge is -2.73. The lowest BCUT2D eigenvalue weighted by molar-refractivity contribution is -0.207. The van der Waals surface area contributed by atoms with Crippen LogP contribution in [0.25, 0.3) is 0 Å². The van der Waals surface area contributed by atoms with Crippen molar-refractivity contribution in [2.45, 2.75) is 136 Å². The summed E-state index contributed by atoms with van der Waals surface area (Å²) in [5.74, 6) is 3.13. The number of carbonyl (C=O) groups is 2. The van der Waals surface area contributed by atoms with Gasteiger partial charge in [0.25, 0.3) is 0 Å². The molecule has 0 bridgehead atoms. The fraction of sp³-hybridized carbons (Fsp3) is 0.805. The first-order chi connectivity index (χ1) is 22.0. The summed E-state index contributed by atoms with van der Waals surface area (Å²) >= 11 is 0. The van der Waals surface area contributed by atoms with Crippen molar-refractivity contribution in [3.8, 4) is 0 Å². The number of nitrogens with zero attached hydrogens (tertiary/aromatic N) is 1. The van der Waals surface area contributed by atoms with E-state index in [9.17, 15) is 14.7 Å². The largest absolute Gasteiger partial charge is 0.478 e. The lowest BCUT2D eigenvalue weighted by Crippen LogP contribution is -2.75. The molecule has 5 fully saturated rings. The van der Waals surface area contributed by atoms with Gasteiger partial charge in [0.1, 0.15) is 0 Å². The summed E-state index contributed by atoms with van der Waals surface area (Å²) in [6.45, 7) is 16.0. The molecule has 0 radical (unpaired) electrons. The molecule has 0 aliphatic heterocycles. The minimum absolute atomic E-state index is 0.0826. The molecule has 6 heteroatoms. The Morgan fingerprint density at radius 1 is 0.915 bits per heavy atom. The van der Waals surface area contributed by atoms with Crippen molar-refractivity contribution in [1.82, 2.24) is 10.2 Å². The number of nitrogens with two attached hydrogens (primary N) is 1. The maximum atomic E-state index is 13.5. The maximum Gasteiger partial charge on any atom is 0.335 e. The van der Waals surface area contributed by atoms with Gasteiger partial charge in [0.05, 0.1) is 5.56 Å². The number of benzene rings is 1. The SMILES string of the molecule is CC(C)[C@@H]1CC[C@]2(NC(=O)CCCN(C)C)CC[C@]3(N)[C@H](CC[C@@H]4[C@@]5(C)CC[C@@H](c6ccc(C(=O)O)cc6)C(C)(C)[C@@H]5CC[C@]43C)[C@@H]12. The Bertz CT molecular complexity index is 1340. The van der Waals surface area contributed by atoms with Crippen LogP contribution >= 0.6 is 0 Å². The van der Waals surface area contributed by atoms with Crippen molar-refractivity contribution in [2.75, 3.05) is 20.6 Å². The van der Waals surface area contributed by atoms with E-state index in [0.717, 1.165) is 38.6 Å². The molecule has 0 heterocycles. The van der Waals surface area contributed by atoms with Gasteiger partial charge < -0.3 is 21.1 Å². The van der Waals surface area contributed by atoms with E-state index in [0.29, 0.717) is 53.4 Å². The summed E-state index contributed by atoms with van der Waals surface area (Å²) in [6.07, 6.45) is 13.0. The third-order valence-electron chi connectivity index (χ3n) is 15.8. The molecule has 6 nitrogen and oxygen atoms in total. The Morgan fingerprint density at radius 3 is 2.26 bits per heavy atom. The highest BCUT2D eigenvalue weighted by molar-refractivity contribution is 5.87. The third kappa shape index (κ3) is 5.41.